The van der Waals surface area contributed by atoms with Crippen LogP contribution in [0.1, 0.15) is 5.69 Å². The number of halogens is 2. The molecule has 3 aromatic heterocycles. The number of hydrogen-bond acceptors (Lipinski definition) is 6. The Balaban J connectivity index is 1.46. The first kappa shape index (κ1) is 18.7. The Bertz CT molecular complexity index is 1280. The molecule has 0 spiro atoms. The minimum absolute atomic E-state index is 0.0907. The Morgan fingerprint density at radius 3 is 2.59 bits per heavy atom. The molecule has 0 aliphatic heterocycles. The third kappa shape index (κ3) is 3.99. The van der Waals surface area contributed by atoms with E-state index in [0.29, 0.717) is 18.0 Å². The maximum absolute atomic E-state index is 13.3. The van der Waals surface area contributed by atoms with Gasteiger partial charge in [-0.2, -0.15) is 5.10 Å². The second-order valence-corrected chi connectivity index (χ2v) is 7.69. The van der Waals surface area contributed by atoms with Gasteiger partial charge >= 0.3 is 0 Å². The van der Waals surface area contributed by atoms with E-state index >= 15 is 0 Å². The zero-order valence-corrected chi connectivity index (χ0v) is 15.6. The van der Waals surface area contributed by atoms with Crippen LogP contribution in [0.3, 0.4) is 0 Å². The molecule has 29 heavy (non-hydrogen) atoms. The van der Waals surface area contributed by atoms with Gasteiger partial charge in [0.15, 0.2) is 17.3 Å². The van der Waals surface area contributed by atoms with Crippen molar-refractivity contribution in [3.8, 4) is 0 Å². The minimum Gasteiger partial charge on any atom is -0.364 e. The summed E-state index contributed by atoms with van der Waals surface area (Å²) in [6.07, 6.45) is 4.48. The number of anilines is 2. The van der Waals surface area contributed by atoms with Crippen LogP contribution in [-0.4, -0.2) is 28.0 Å². The molecule has 0 bridgehead atoms. The Kier molecular flexibility index (Phi) is 4.80. The first-order chi connectivity index (χ1) is 13.9. The quantitative estimate of drug-likeness (QED) is 0.501. The van der Waals surface area contributed by atoms with Crippen molar-refractivity contribution in [2.75, 3.05) is 10.0 Å². The number of benzene rings is 1. The predicted molar refractivity (Wildman–Crippen MR) is 102 cm³/mol. The van der Waals surface area contributed by atoms with Gasteiger partial charge < -0.3 is 5.32 Å². The van der Waals surface area contributed by atoms with Gasteiger partial charge in [-0.15, -0.1) is 0 Å². The molecule has 0 amide bonds. The number of aromatic nitrogens is 4. The Labute approximate surface area is 164 Å². The lowest BCUT2D eigenvalue weighted by atomic mass is 10.3. The van der Waals surface area contributed by atoms with Gasteiger partial charge in [0.1, 0.15) is 10.7 Å². The van der Waals surface area contributed by atoms with E-state index in [2.05, 4.69) is 25.1 Å². The Morgan fingerprint density at radius 1 is 0.966 bits per heavy atom. The van der Waals surface area contributed by atoms with Gasteiger partial charge in [-0.25, -0.2) is 31.7 Å². The summed E-state index contributed by atoms with van der Waals surface area (Å²) < 4.78 is 54.9. The average molecular weight is 416 g/mol. The van der Waals surface area contributed by atoms with E-state index in [0.717, 1.165) is 23.9 Å². The van der Waals surface area contributed by atoms with Gasteiger partial charge in [-0.1, -0.05) is 0 Å². The van der Waals surface area contributed by atoms with Crippen LogP contribution in [0.25, 0.3) is 5.65 Å². The van der Waals surface area contributed by atoms with Gasteiger partial charge in [0.05, 0.1) is 24.1 Å². The van der Waals surface area contributed by atoms with Crippen molar-refractivity contribution in [2.24, 2.45) is 0 Å². The molecule has 3 heterocycles. The first-order valence-corrected chi connectivity index (χ1v) is 9.86. The third-order valence-corrected chi connectivity index (χ3v) is 5.40. The van der Waals surface area contributed by atoms with Crippen LogP contribution < -0.4 is 10.0 Å². The van der Waals surface area contributed by atoms with Crippen LogP contribution in [0.5, 0.6) is 0 Å². The van der Waals surface area contributed by atoms with Crippen LogP contribution in [-0.2, 0) is 16.6 Å². The summed E-state index contributed by atoms with van der Waals surface area (Å²) in [5.41, 5.74) is 1.47. The van der Waals surface area contributed by atoms with Crippen molar-refractivity contribution in [3.05, 3.63) is 78.4 Å². The smallest absolute Gasteiger partial charge is 0.263 e. The lowest BCUT2D eigenvalue weighted by molar-refractivity contribution is 0.509. The maximum atomic E-state index is 13.3. The van der Waals surface area contributed by atoms with Gasteiger partial charge in [-0.05, 0) is 30.3 Å². The Hall–Kier alpha value is -3.60. The highest BCUT2D eigenvalue weighted by Crippen LogP contribution is 2.19. The van der Waals surface area contributed by atoms with E-state index in [1.54, 1.807) is 29.0 Å². The van der Waals surface area contributed by atoms with Gasteiger partial charge in [0.2, 0.25) is 0 Å². The fourth-order valence-electron chi connectivity index (χ4n) is 2.62. The molecule has 2 N–H and O–H groups in total. The lowest BCUT2D eigenvalue weighted by Crippen LogP contribution is -2.14. The number of nitrogens with zero attached hydrogens (tertiary/aromatic N) is 4. The molecule has 4 aromatic rings. The van der Waals surface area contributed by atoms with E-state index in [4.69, 9.17) is 0 Å². The van der Waals surface area contributed by atoms with Gasteiger partial charge in [0.25, 0.3) is 10.0 Å². The highest BCUT2D eigenvalue weighted by Gasteiger charge is 2.16. The molecule has 0 atom stereocenters. The zero-order chi connectivity index (χ0) is 20.4. The predicted octanol–water partition coefficient (Wildman–Crippen LogP) is 2.82. The van der Waals surface area contributed by atoms with E-state index in [1.807, 2.05) is 0 Å². The topological polar surface area (TPSA) is 101 Å². The summed E-state index contributed by atoms with van der Waals surface area (Å²) in [6.45, 7) is 0.396. The minimum atomic E-state index is -4.00. The number of nitrogens with one attached hydrogen (secondary N) is 2. The van der Waals surface area contributed by atoms with Gasteiger partial charge in [-0.3, -0.25) is 4.72 Å². The standard InChI is InChI=1S/C18H14F2N6O2S/c19-15-3-1-12(9-16(15)20)25-29(27,28)14-2-4-17(23-11-14)22-10-13-5-7-21-18-6-8-24-26(13)18/h1-9,11,25H,10H2,(H,22,23). The molecule has 4 rings (SSSR count). The van der Waals surface area contributed by atoms with Crippen molar-refractivity contribution in [2.45, 2.75) is 11.4 Å². The van der Waals surface area contributed by atoms with Crippen molar-refractivity contribution in [3.63, 3.8) is 0 Å². The van der Waals surface area contributed by atoms with Crippen LogP contribution in [0, 0.1) is 11.6 Å². The second kappa shape index (κ2) is 7.43. The van der Waals surface area contributed by atoms with Crippen molar-refractivity contribution >= 4 is 27.2 Å². The van der Waals surface area contributed by atoms with E-state index in [1.165, 1.54) is 18.3 Å². The molecule has 0 saturated heterocycles. The molecule has 8 nitrogen and oxygen atoms in total. The molecule has 0 fully saturated rings. The molecule has 1 aromatic carbocycles. The van der Waals surface area contributed by atoms with Crippen LogP contribution >= 0.6 is 0 Å². The number of pyridine rings is 1. The van der Waals surface area contributed by atoms with E-state index in [-0.39, 0.29) is 10.6 Å². The summed E-state index contributed by atoms with van der Waals surface area (Å²) in [5.74, 6) is -1.76. The number of hydrogen-bond donors (Lipinski definition) is 2. The van der Waals surface area contributed by atoms with Crippen LogP contribution in [0.15, 0.2) is 66.0 Å². The highest BCUT2D eigenvalue weighted by molar-refractivity contribution is 7.92. The lowest BCUT2D eigenvalue weighted by Gasteiger charge is -2.10. The largest absolute Gasteiger partial charge is 0.364 e. The Morgan fingerprint density at radius 2 is 1.83 bits per heavy atom. The molecular weight excluding hydrogens is 402 g/mol. The summed E-state index contributed by atoms with van der Waals surface area (Å²) in [7, 11) is -4.00. The summed E-state index contributed by atoms with van der Waals surface area (Å²) in [4.78, 5) is 8.15. The highest BCUT2D eigenvalue weighted by atomic mass is 32.2. The first-order valence-electron chi connectivity index (χ1n) is 8.38. The molecule has 11 heteroatoms. The summed E-state index contributed by atoms with van der Waals surface area (Å²) in [6, 6.07) is 9.17. The van der Waals surface area contributed by atoms with Crippen LogP contribution in [0.4, 0.5) is 20.3 Å². The molecule has 0 radical (unpaired) electrons. The average Bonchev–Trinajstić information content (AvgIpc) is 3.19. The molecule has 0 aliphatic rings. The fraction of sp³-hybridized carbons (Fsp3) is 0.0556. The van der Waals surface area contributed by atoms with Crippen LogP contribution in [0.2, 0.25) is 0 Å². The fourth-order valence-corrected chi connectivity index (χ4v) is 3.61. The SMILES string of the molecule is O=S(=O)(Nc1ccc(F)c(F)c1)c1ccc(NCc2ccnc3ccnn23)nc1. The monoisotopic (exact) mass is 416 g/mol. The molecule has 148 valence electrons. The number of fused-ring (bicyclic) bond motifs is 1. The van der Waals surface area contributed by atoms with Crippen molar-refractivity contribution in [1.29, 1.82) is 0 Å². The molecular formula is C18H14F2N6O2S. The van der Waals surface area contributed by atoms with Crippen molar-refractivity contribution in [1.82, 2.24) is 19.6 Å². The second-order valence-electron chi connectivity index (χ2n) is 6.00. The zero-order valence-electron chi connectivity index (χ0n) is 14.8. The molecule has 0 aliphatic carbocycles. The maximum Gasteiger partial charge on any atom is 0.263 e. The number of sulfonamides is 1. The van der Waals surface area contributed by atoms with Crippen molar-refractivity contribution < 1.29 is 17.2 Å². The third-order valence-electron chi connectivity index (χ3n) is 4.04. The normalized spacial score (nSPS) is 11.5. The molecule has 0 unspecified atom stereocenters. The summed E-state index contributed by atoms with van der Waals surface area (Å²) >= 11 is 0. The van der Waals surface area contributed by atoms with Gasteiger partial charge in [0, 0.05) is 24.5 Å². The van der Waals surface area contributed by atoms with E-state index in [9.17, 15) is 17.2 Å². The number of rotatable bonds is 6. The summed E-state index contributed by atoms with van der Waals surface area (Å²) in [5, 5.41) is 7.26. The van der Waals surface area contributed by atoms with E-state index < -0.39 is 21.7 Å². The molecule has 0 saturated carbocycles.